The third-order valence-electron chi connectivity index (χ3n) is 4.68. The number of pyridine rings is 1. The lowest BCUT2D eigenvalue weighted by atomic mass is 10.1. The molecule has 0 radical (unpaired) electrons. The molecule has 0 aliphatic carbocycles. The lowest BCUT2D eigenvalue weighted by molar-refractivity contribution is -0.115. The number of benzene rings is 1. The van der Waals surface area contributed by atoms with Crippen molar-refractivity contribution in [1.29, 1.82) is 0 Å². The standard InChI is InChI=1S/C21H18N6O/c28-21(9-15-10-22-19-6-2-1-5-18(15)19)25-16-11-23-27(13-16)14-17-12-26-8-4-3-7-20(26)24-17/h1-8,10-13,22H,9,14H2,(H,25,28). The van der Waals surface area contributed by atoms with E-state index in [4.69, 9.17) is 0 Å². The van der Waals surface area contributed by atoms with Gasteiger partial charge >= 0.3 is 0 Å². The monoisotopic (exact) mass is 370 g/mol. The van der Waals surface area contributed by atoms with Crippen LogP contribution in [0.1, 0.15) is 11.3 Å². The van der Waals surface area contributed by atoms with Gasteiger partial charge in [0.15, 0.2) is 0 Å². The fourth-order valence-electron chi connectivity index (χ4n) is 3.40. The number of aromatic nitrogens is 5. The number of carbonyl (C=O) groups is 1. The highest BCUT2D eigenvalue weighted by Crippen LogP contribution is 2.18. The van der Waals surface area contributed by atoms with Gasteiger partial charge in [-0.1, -0.05) is 24.3 Å². The maximum atomic E-state index is 12.4. The van der Waals surface area contributed by atoms with E-state index < -0.39 is 0 Å². The van der Waals surface area contributed by atoms with Crippen molar-refractivity contribution in [1.82, 2.24) is 24.1 Å². The molecule has 0 fully saturated rings. The lowest BCUT2D eigenvalue weighted by Gasteiger charge is -2.02. The summed E-state index contributed by atoms with van der Waals surface area (Å²) in [6.07, 6.45) is 9.61. The summed E-state index contributed by atoms with van der Waals surface area (Å²) in [5, 5.41) is 8.31. The molecule has 4 heterocycles. The first-order chi connectivity index (χ1) is 13.7. The molecule has 5 aromatic rings. The fraction of sp³-hybridized carbons (Fsp3) is 0.0952. The lowest BCUT2D eigenvalue weighted by Crippen LogP contribution is -2.13. The zero-order valence-electron chi connectivity index (χ0n) is 15.0. The van der Waals surface area contributed by atoms with Crippen molar-refractivity contribution in [2.75, 3.05) is 5.32 Å². The Labute approximate surface area is 160 Å². The average molecular weight is 370 g/mol. The van der Waals surface area contributed by atoms with Gasteiger partial charge in [-0.15, -0.1) is 0 Å². The minimum atomic E-state index is -0.0722. The van der Waals surface area contributed by atoms with Gasteiger partial charge in [0.05, 0.1) is 30.5 Å². The molecule has 7 nitrogen and oxygen atoms in total. The molecule has 28 heavy (non-hydrogen) atoms. The highest BCUT2D eigenvalue weighted by Gasteiger charge is 2.10. The SMILES string of the molecule is O=C(Cc1c[nH]c2ccccc12)Nc1cnn(Cc2cn3ccccc3n2)c1. The second-order valence-corrected chi connectivity index (χ2v) is 6.71. The Morgan fingerprint density at radius 3 is 2.93 bits per heavy atom. The molecular formula is C21H18N6O. The van der Waals surface area contributed by atoms with Crippen LogP contribution in [-0.4, -0.2) is 30.1 Å². The molecule has 7 heteroatoms. The van der Waals surface area contributed by atoms with E-state index in [1.54, 1.807) is 10.9 Å². The van der Waals surface area contributed by atoms with Crippen LogP contribution in [-0.2, 0) is 17.8 Å². The van der Waals surface area contributed by atoms with Crippen LogP contribution >= 0.6 is 0 Å². The number of rotatable bonds is 5. The van der Waals surface area contributed by atoms with E-state index in [0.29, 0.717) is 18.7 Å². The second kappa shape index (κ2) is 6.70. The molecule has 2 N–H and O–H groups in total. The van der Waals surface area contributed by atoms with Crippen molar-refractivity contribution in [2.24, 2.45) is 0 Å². The van der Waals surface area contributed by atoms with E-state index in [2.05, 4.69) is 20.4 Å². The first kappa shape index (κ1) is 16.3. The van der Waals surface area contributed by atoms with Crippen molar-refractivity contribution in [3.05, 3.63) is 84.7 Å². The van der Waals surface area contributed by atoms with E-state index in [1.807, 2.05) is 71.7 Å². The largest absolute Gasteiger partial charge is 0.361 e. The maximum Gasteiger partial charge on any atom is 0.228 e. The molecule has 0 saturated heterocycles. The second-order valence-electron chi connectivity index (χ2n) is 6.71. The number of para-hydroxylation sites is 1. The average Bonchev–Trinajstić information content (AvgIpc) is 3.41. The number of imidazole rings is 1. The van der Waals surface area contributed by atoms with E-state index >= 15 is 0 Å². The minimum Gasteiger partial charge on any atom is -0.361 e. The summed E-state index contributed by atoms with van der Waals surface area (Å²) in [6.45, 7) is 0.542. The van der Waals surface area contributed by atoms with Gasteiger partial charge in [-0.3, -0.25) is 9.48 Å². The van der Waals surface area contributed by atoms with Gasteiger partial charge in [0.1, 0.15) is 5.65 Å². The molecular weight excluding hydrogens is 352 g/mol. The van der Waals surface area contributed by atoms with Crippen molar-refractivity contribution in [3.63, 3.8) is 0 Å². The van der Waals surface area contributed by atoms with Crippen LogP contribution in [0.3, 0.4) is 0 Å². The number of aromatic amines is 1. The Balaban J connectivity index is 1.26. The number of hydrogen-bond acceptors (Lipinski definition) is 3. The van der Waals surface area contributed by atoms with Gasteiger partial charge in [0.25, 0.3) is 0 Å². The highest BCUT2D eigenvalue weighted by molar-refractivity contribution is 5.95. The molecule has 0 spiro atoms. The van der Waals surface area contributed by atoms with Gasteiger partial charge in [-0.2, -0.15) is 5.10 Å². The number of nitrogens with one attached hydrogen (secondary N) is 2. The van der Waals surface area contributed by atoms with Crippen LogP contribution in [0.4, 0.5) is 5.69 Å². The normalized spacial score (nSPS) is 11.3. The van der Waals surface area contributed by atoms with Gasteiger partial charge in [-0.05, 0) is 23.8 Å². The van der Waals surface area contributed by atoms with E-state index in [1.165, 1.54) is 0 Å². The van der Waals surface area contributed by atoms with Gasteiger partial charge in [0, 0.05) is 35.7 Å². The van der Waals surface area contributed by atoms with E-state index in [9.17, 15) is 4.79 Å². The van der Waals surface area contributed by atoms with Crippen LogP contribution in [0.25, 0.3) is 16.6 Å². The summed E-state index contributed by atoms with van der Waals surface area (Å²) in [6, 6.07) is 13.8. The summed E-state index contributed by atoms with van der Waals surface area (Å²) in [4.78, 5) is 20.2. The summed E-state index contributed by atoms with van der Waals surface area (Å²) < 4.78 is 3.74. The number of anilines is 1. The smallest absolute Gasteiger partial charge is 0.228 e. The maximum absolute atomic E-state index is 12.4. The quantitative estimate of drug-likeness (QED) is 0.498. The Bertz CT molecular complexity index is 1250. The molecule has 5 rings (SSSR count). The molecule has 0 aliphatic heterocycles. The number of amides is 1. The third-order valence-corrected chi connectivity index (χ3v) is 4.68. The van der Waals surface area contributed by atoms with Crippen molar-refractivity contribution in [2.45, 2.75) is 13.0 Å². The number of carbonyl (C=O) groups excluding carboxylic acids is 1. The summed E-state index contributed by atoms with van der Waals surface area (Å²) in [5.41, 5.74) is 4.49. The molecule has 0 unspecified atom stereocenters. The number of hydrogen-bond donors (Lipinski definition) is 2. The number of H-pyrrole nitrogens is 1. The van der Waals surface area contributed by atoms with Crippen LogP contribution < -0.4 is 5.32 Å². The summed E-state index contributed by atoms with van der Waals surface area (Å²) in [5.74, 6) is -0.0722. The highest BCUT2D eigenvalue weighted by atomic mass is 16.1. The molecule has 138 valence electrons. The molecule has 0 saturated carbocycles. The van der Waals surface area contributed by atoms with Crippen LogP contribution in [0, 0.1) is 0 Å². The molecule has 0 aliphatic rings. The predicted molar refractivity (Wildman–Crippen MR) is 107 cm³/mol. The first-order valence-electron chi connectivity index (χ1n) is 9.04. The first-order valence-corrected chi connectivity index (χ1v) is 9.04. The van der Waals surface area contributed by atoms with Crippen LogP contribution in [0.5, 0.6) is 0 Å². The van der Waals surface area contributed by atoms with Gasteiger partial charge in [0.2, 0.25) is 5.91 Å². The number of fused-ring (bicyclic) bond motifs is 2. The fourth-order valence-corrected chi connectivity index (χ4v) is 3.40. The molecule has 1 aromatic carbocycles. The van der Waals surface area contributed by atoms with Crippen LogP contribution in [0.15, 0.2) is 73.4 Å². The molecule has 4 aromatic heterocycles. The minimum absolute atomic E-state index is 0.0722. The summed E-state index contributed by atoms with van der Waals surface area (Å²) >= 11 is 0. The van der Waals surface area contributed by atoms with E-state index in [-0.39, 0.29) is 5.91 Å². The van der Waals surface area contributed by atoms with Crippen molar-refractivity contribution < 1.29 is 4.79 Å². The topological polar surface area (TPSA) is 80.0 Å². The molecule has 0 atom stereocenters. The zero-order valence-corrected chi connectivity index (χ0v) is 15.0. The zero-order chi connectivity index (χ0) is 18.9. The summed E-state index contributed by atoms with van der Waals surface area (Å²) in [7, 11) is 0. The Kier molecular flexibility index (Phi) is 3.90. The Morgan fingerprint density at radius 1 is 1.11 bits per heavy atom. The van der Waals surface area contributed by atoms with Crippen molar-refractivity contribution in [3.8, 4) is 0 Å². The van der Waals surface area contributed by atoms with Crippen LogP contribution in [0.2, 0.25) is 0 Å². The Morgan fingerprint density at radius 2 is 2.00 bits per heavy atom. The number of nitrogens with zero attached hydrogens (tertiary/aromatic N) is 4. The van der Waals surface area contributed by atoms with Gasteiger partial charge in [-0.25, -0.2) is 4.98 Å². The predicted octanol–water partition coefficient (Wildman–Crippen LogP) is 3.24. The van der Waals surface area contributed by atoms with Gasteiger partial charge < -0.3 is 14.7 Å². The van der Waals surface area contributed by atoms with E-state index in [0.717, 1.165) is 27.8 Å². The molecule has 0 bridgehead atoms. The third kappa shape index (κ3) is 3.14. The van der Waals surface area contributed by atoms with Crippen molar-refractivity contribution >= 4 is 28.1 Å². The Hall–Kier alpha value is -3.87. The molecule has 1 amide bonds.